The molecule has 24 heavy (non-hydrogen) atoms. The van der Waals surface area contributed by atoms with E-state index in [4.69, 9.17) is 10.5 Å². The zero-order valence-electron chi connectivity index (χ0n) is 13.9. The van der Waals surface area contributed by atoms with Crippen LogP contribution in [-0.2, 0) is 4.79 Å². The number of carbonyl (C=O) groups excluding carboxylic acids is 1. The van der Waals surface area contributed by atoms with Gasteiger partial charge in [-0.25, -0.2) is 0 Å². The van der Waals surface area contributed by atoms with Crippen LogP contribution in [0.2, 0.25) is 0 Å². The number of nitrogens with two attached hydrogens (primary N) is 1. The van der Waals surface area contributed by atoms with Crippen LogP contribution in [0, 0.1) is 5.92 Å². The first-order valence-corrected chi connectivity index (χ1v) is 8.49. The van der Waals surface area contributed by atoms with Crippen molar-refractivity contribution in [3.05, 3.63) is 54.6 Å². The number of hydrogen-bond acceptors (Lipinski definition) is 3. The van der Waals surface area contributed by atoms with Crippen LogP contribution in [0.3, 0.4) is 0 Å². The van der Waals surface area contributed by atoms with E-state index in [0.717, 1.165) is 11.1 Å². The molecule has 0 aromatic heterocycles. The van der Waals surface area contributed by atoms with Crippen molar-refractivity contribution in [2.45, 2.75) is 31.9 Å². The lowest BCUT2D eigenvalue weighted by Gasteiger charge is -2.17. The van der Waals surface area contributed by atoms with Gasteiger partial charge in [0.05, 0.1) is 0 Å². The van der Waals surface area contributed by atoms with Gasteiger partial charge in [0.25, 0.3) is 5.91 Å². The van der Waals surface area contributed by atoms with Crippen LogP contribution in [0.1, 0.15) is 19.8 Å². The number of rotatable bonds is 7. The Morgan fingerprint density at radius 1 is 1.12 bits per heavy atom. The molecule has 0 radical (unpaired) electrons. The van der Waals surface area contributed by atoms with E-state index in [2.05, 4.69) is 17.4 Å². The summed E-state index contributed by atoms with van der Waals surface area (Å²) in [6.07, 6.45) is 1.81. The summed E-state index contributed by atoms with van der Waals surface area (Å²) in [5.74, 6) is 1.13. The summed E-state index contributed by atoms with van der Waals surface area (Å²) in [7, 11) is 0. The predicted molar refractivity (Wildman–Crippen MR) is 95.7 cm³/mol. The van der Waals surface area contributed by atoms with Gasteiger partial charge in [-0.3, -0.25) is 4.79 Å². The summed E-state index contributed by atoms with van der Waals surface area (Å²) < 4.78 is 5.72. The second-order valence-electron chi connectivity index (χ2n) is 6.40. The van der Waals surface area contributed by atoms with Gasteiger partial charge in [-0.2, -0.15) is 0 Å². The summed E-state index contributed by atoms with van der Waals surface area (Å²) >= 11 is 0. The minimum Gasteiger partial charge on any atom is -0.481 e. The van der Waals surface area contributed by atoms with Gasteiger partial charge in [-0.05, 0) is 48.9 Å². The van der Waals surface area contributed by atoms with Gasteiger partial charge in [0.1, 0.15) is 5.75 Å². The van der Waals surface area contributed by atoms with Crippen LogP contribution in [-0.4, -0.2) is 24.6 Å². The number of carbonyl (C=O) groups is 1. The second kappa shape index (κ2) is 7.49. The van der Waals surface area contributed by atoms with Crippen molar-refractivity contribution < 1.29 is 9.53 Å². The van der Waals surface area contributed by atoms with Crippen molar-refractivity contribution in [2.24, 2.45) is 11.7 Å². The third kappa shape index (κ3) is 4.36. The molecule has 3 rings (SSSR count). The van der Waals surface area contributed by atoms with Gasteiger partial charge >= 0.3 is 0 Å². The number of hydrogen-bond donors (Lipinski definition) is 2. The lowest BCUT2D eigenvalue weighted by molar-refractivity contribution is -0.127. The number of benzene rings is 2. The summed E-state index contributed by atoms with van der Waals surface area (Å²) in [5, 5.41) is 2.87. The summed E-state index contributed by atoms with van der Waals surface area (Å²) in [5.41, 5.74) is 8.27. The standard InChI is InChI=1S/C20H24N2O2/c1-14(20(23)22-13-19(21)17-7-8-17)24-18-11-9-16(10-12-18)15-5-3-2-4-6-15/h2-6,9-12,14,17,19H,7-8,13,21H2,1H3,(H,22,23). The Morgan fingerprint density at radius 2 is 1.75 bits per heavy atom. The summed E-state index contributed by atoms with van der Waals surface area (Å²) in [6.45, 7) is 2.27. The molecule has 2 atom stereocenters. The van der Waals surface area contributed by atoms with Crippen LogP contribution >= 0.6 is 0 Å². The Bertz CT molecular complexity index is 666. The molecule has 0 aliphatic heterocycles. The van der Waals surface area contributed by atoms with Crippen molar-refractivity contribution in [3.63, 3.8) is 0 Å². The van der Waals surface area contributed by atoms with Crippen LogP contribution < -0.4 is 15.8 Å². The van der Waals surface area contributed by atoms with Crippen molar-refractivity contribution in [1.82, 2.24) is 5.32 Å². The second-order valence-corrected chi connectivity index (χ2v) is 6.40. The Morgan fingerprint density at radius 3 is 2.38 bits per heavy atom. The maximum Gasteiger partial charge on any atom is 0.260 e. The smallest absolute Gasteiger partial charge is 0.260 e. The minimum atomic E-state index is -0.543. The van der Waals surface area contributed by atoms with E-state index in [1.807, 2.05) is 42.5 Å². The molecule has 1 saturated carbocycles. The highest BCUT2D eigenvalue weighted by Crippen LogP contribution is 2.31. The summed E-state index contributed by atoms with van der Waals surface area (Å²) in [4.78, 5) is 12.1. The SMILES string of the molecule is CC(Oc1ccc(-c2ccccc2)cc1)C(=O)NCC(N)C1CC1. The van der Waals surface area contributed by atoms with Crippen molar-refractivity contribution >= 4 is 5.91 Å². The average molecular weight is 324 g/mol. The van der Waals surface area contributed by atoms with E-state index in [1.165, 1.54) is 12.8 Å². The molecule has 1 aliphatic rings. The quantitative estimate of drug-likeness (QED) is 0.823. The van der Waals surface area contributed by atoms with Crippen LogP contribution in [0.5, 0.6) is 5.75 Å². The molecule has 2 aromatic carbocycles. The van der Waals surface area contributed by atoms with E-state index >= 15 is 0 Å². The maximum atomic E-state index is 12.1. The minimum absolute atomic E-state index is 0.0614. The van der Waals surface area contributed by atoms with Gasteiger partial charge in [0, 0.05) is 12.6 Å². The fourth-order valence-corrected chi connectivity index (χ4v) is 2.67. The highest BCUT2D eigenvalue weighted by Gasteiger charge is 2.29. The van der Waals surface area contributed by atoms with Crippen LogP contribution in [0.25, 0.3) is 11.1 Å². The molecule has 4 heteroatoms. The average Bonchev–Trinajstić information content (AvgIpc) is 3.46. The third-order valence-corrected chi connectivity index (χ3v) is 4.38. The first-order chi connectivity index (χ1) is 11.6. The molecule has 0 heterocycles. The first-order valence-electron chi connectivity index (χ1n) is 8.49. The highest BCUT2D eigenvalue weighted by molar-refractivity contribution is 5.80. The van der Waals surface area contributed by atoms with E-state index in [9.17, 15) is 4.79 Å². The van der Waals surface area contributed by atoms with Crippen molar-refractivity contribution in [1.29, 1.82) is 0 Å². The van der Waals surface area contributed by atoms with Gasteiger partial charge in [-0.1, -0.05) is 42.5 Å². The topological polar surface area (TPSA) is 64.3 Å². The zero-order valence-corrected chi connectivity index (χ0v) is 13.9. The predicted octanol–water partition coefficient (Wildman–Crippen LogP) is 2.97. The van der Waals surface area contributed by atoms with Crippen molar-refractivity contribution in [2.75, 3.05) is 6.54 Å². The largest absolute Gasteiger partial charge is 0.481 e. The van der Waals surface area contributed by atoms with Crippen molar-refractivity contribution in [3.8, 4) is 16.9 Å². The molecular formula is C20H24N2O2. The molecule has 0 spiro atoms. The Labute approximate surface area is 143 Å². The molecule has 2 unspecified atom stereocenters. The van der Waals surface area contributed by atoms with Gasteiger partial charge in [-0.15, -0.1) is 0 Å². The molecule has 1 amide bonds. The van der Waals surface area contributed by atoms with E-state index < -0.39 is 6.10 Å². The zero-order chi connectivity index (χ0) is 16.9. The molecule has 126 valence electrons. The molecule has 0 saturated heterocycles. The monoisotopic (exact) mass is 324 g/mol. The lowest BCUT2D eigenvalue weighted by Crippen LogP contribution is -2.43. The van der Waals surface area contributed by atoms with Crippen LogP contribution in [0.4, 0.5) is 0 Å². The maximum absolute atomic E-state index is 12.1. The number of ether oxygens (including phenoxy) is 1. The first kappa shape index (κ1) is 16.5. The van der Waals surface area contributed by atoms with E-state index in [0.29, 0.717) is 18.2 Å². The molecule has 4 nitrogen and oxygen atoms in total. The fraction of sp³-hybridized carbons (Fsp3) is 0.350. The van der Waals surface area contributed by atoms with Crippen LogP contribution in [0.15, 0.2) is 54.6 Å². The van der Waals surface area contributed by atoms with E-state index in [1.54, 1.807) is 6.92 Å². The third-order valence-electron chi connectivity index (χ3n) is 4.38. The molecule has 0 bridgehead atoms. The number of amides is 1. The highest BCUT2D eigenvalue weighted by atomic mass is 16.5. The lowest BCUT2D eigenvalue weighted by atomic mass is 10.1. The number of nitrogens with one attached hydrogen (secondary N) is 1. The fourth-order valence-electron chi connectivity index (χ4n) is 2.67. The molecule has 2 aromatic rings. The molecule has 1 aliphatic carbocycles. The Kier molecular flexibility index (Phi) is 5.16. The Hall–Kier alpha value is -2.33. The van der Waals surface area contributed by atoms with Gasteiger partial charge in [0.2, 0.25) is 0 Å². The molecule has 1 fully saturated rings. The molecular weight excluding hydrogens is 300 g/mol. The van der Waals surface area contributed by atoms with Gasteiger partial charge < -0.3 is 15.8 Å². The summed E-state index contributed by atoms with van der Waals surface area (Å²) in [6, 6.07) is 18.0. The molecule has 3 N–H and O–H groups in total. The van der Waals surface area contributed by atoms with Gasteiger partial charge in [0.15, 0.2) is 6.10 Å². The Balaban J connectivity index is 1.52. The van der Waals surface area contributed by atoms with E-state index in [-0.39, 0.29) is 11.9 Å². The normalized spacial score (nSPS) is 16.2.